The van der Waals surface area contributed by atoms with E-state index in [9.17, 15) is 14.4 Å². The molecule has 7 nitrogen and oxygen atoms in total. The average molecular weight is 427 g/mol. The molecule has 1 amide bonds. The van der Waals surface area contributed by atoms with Gasteiger partial charge in [-0.1, -0.05) is 30.3 Å². The Balaban J connectivity index is 2.01. The van der Waals surface area contributed by atoms with Crippen LogP contribution in [0.25, 0.3) is 0 Å². The van der Waals surface area contributed by atoms with E-state index >= 15 is 0 Å². The molecule has 7 heteroatoms. The van der Waals surface area contributed by atoms with Gasteiger partial charge in [0.15, 0.2) is 0 Å². The van der Waals surface area contributed by atoms with E-state index in [4.69, 9.17) is 9.47 Å². The lowest BCUT2D eigenvalue weighted by atomic mass is 10.1. The van der Waals surface area contributed by atoms with E-state index in [1.165, 1.54) is 5.56 Å². The fourth-order valence-corrected chi connectivity index (χ4v) is 3.10. The molecule has 31 heavy (non-hydrogen) atoms. The Labute approximate surface area is 183 Å². The van der Waals surface area contributed by atoms with Crippen molar-refractivity contribution in [1.29, 1.82) is 0 Å². The highest BCUT2D eigenvalue weighted by Gasteiger charge is 2.22. The normalized spacial score (nSPS) is 10.5. The molecule has 2 rings (SSSR count). The predicted octanol–water partition coefficient (Wildman–Crippen LogP) is 3.33. The number of hydrogen-bond donors (Lipinski definition) is 1. The highest BCUT2D eigenvalue weighted by atomic mass is 16.5. The number of nitrogens with zero attached hydrogens (tertiary/aromatic N) is 1. The first-order valence-corrected chi connectivity index (χ1v) is 10.4. The number of benzene rings is 2. The minimum atomic E-state index is -0.703. The minimum Gasteiger partial charge on any atom is -0.466 e. The Kier molecular flexibility index (Phi) is 9.55. The van der Waals surface area contributed by atoms with Crippen LogP contribution in [0.4, 0.5) is 5.69 Å². The number of carbonyl (C=O) groups excluding carboxylic acids is 3. The standard InChI is InChI=1S/C24H30N2O5/c1-4-30-22(27)15-20(16-23(28)31-5-2)25-24(29)19-11-13-21(14-12-19)26(3)17-18-9-7-6-8-10-18/h6-14,20H,4-5,15-17H2,1-3H3,(H,25,29). The van der Waals surface area contributed by atoms with E-state index in [2.05, 4.69) is 22.3 Å². The molecule has 0 aliphatic carbocycles. The molecule has 2 aromatic carbocycles. The van der Waals surface area contributed by atoms with Gasteiger partial charge in [0.05, 0.1) is 32.1 Å². The average Bonchev–Trinajstić information content (AvgIpc) is 2.74. The molecule has 0 radical (unpaired) electrons. The molecule has 166 valence electrons. The summed E-state index contributed by atoms with van der Waals surface area (Å²) in [6, 6.07) is 16.6. The van der Waals surface area contributed by atoms with Crippen molar-refractivity contribution in [3.63, 3.8) is 0 Å². The van der Waals surface area contributed by atoms with Gasteiger partial charge in [0.25, 0.3) is 5.91 Å². The number of rotatable bonds is 11. The van der Waals surface area contributed by atoms with Crippen LogP contribution in [0.15, 0.2) is 54.6 Å². The molecule has 0 aromatic heterocycles. The molecule has 0 spiro atoms. The topological polar surface area (TPSA) is 84.9 Å². The summed E-state index contributed by atoms with van der Waals surface area (Å²) in [5.74, 6) is -1.32. The maximum atomic E-state index is 12.7. The monoisotopic (exact) mass is 426 g/mol. The Hall–Kier alpha value is -3.35. The number of ether oxygens (including phenoxy) is 2. The molecule has 0 unspecified atom stereocenters. The van der Waals surface area contributed by atoms with Gasteiger partial charge in [0.2, 0.25) is 0 Å². The Morgan fingerprint density at radius 1 is 0.871 bits per heavy atom. The van der Waals surface area contributed by atoms with Crippen LogP contribution in [-0.4, -0.2) is 44.1 Å². The zero-order valence-corrected chi connectivity index (χ0v) is 18.3. The van der Waals surface area contributed by atoms with Crippen LogP contribution in [0.5, 0.6) is 0 Å². The summed E-state index contributed by atoms with van der Waals surface area (Å²) < 4.78 is 9.89. The number of anilines is 1. The highest BCUT2D eigenvalue weighted by Crippen LogP contribution is 2.17. The van der Waals surface area contributed by atoms with Crippen LogP contribution < -0.4 is 10.2 Å². The third-order valence-corrected chi connectivity index (χ3v) is 4.60. The van der Waals surface area contributed by atoms with Crippen molar-refractivity contribution in [3.8, 4) is 0 Å². The fraction of sp³-hybridized carbons (Fsp3) is 0.375. The van der Waals surface area contributed by atoms with Crippen molar-refractivity contribution in [2.45, 2.75) is 39.3 Å². The van der Waals surface area contributed by atoms with Crippen molar-refractivity contribution in [3.05, 3.63) is 65.7 Å². The van der Waals surface area contributed by atoms with Gasteiger partial charge < -0.3 is 19.7 Å². The van der Waals surface area contributed by atoms with Crippen LogP contribution in [0.3, 0.4) is 0 Å². The van der Waals surface area contributed by atoms with Gasteiger partial charge in [-0.05, 0) is 43.7 Å². The molecule has 0 bridgehead atoms. The van der Waals surface area contributed by atoms with E-state index in [1.54, 1.807) is 26.0 Å². The SMILES string of the molecule is CCOC(=O)CC(CC(=O)OCC)NC(=O)c1ccc(N(C)Cc2ccccc2)cc1. The van der Waals surface area contributed by atoms with Gasteiger partial charge in [-0.25, -0.2) is 0 Å². The highest BCUT2D eigenvalue weighted by molar-refractivity contribution is 5.95. The zero-order valence-electron chi connectivity index (χ0n) is 18.3. The Morgan fingerprint density at radius 2 is 1.42 bits per heavy atom. The predicted molar refractivity (Wildman–Crippen MR) is 119 cm³/mol. The molecule has 0 heterocycles. The first kappa shape index (κ1) is 23.9. The van der Waals surface area contributed by atoms with Crippen LogP contribution >= 0.6 is 0 Å². The summed E-state index contributed by atoms with van der Waals surface area (Å²) in [7, 11) is 1.98. The van der Waals surface area contributed by atoms with Crippen molar-refractivity contribution >= 4 is 23.5 Å². The van der Waals surface area contributed by atoms with Gasteiger partial charge in [-0.3, -0.25) is 14.4 Å². The number of hydrogen-bond acceptors (Lipinski definition) is 6. The number of carbonyl (C=O) groups is 3. The van der Waals surface area contributed by atoms with Crippen molar-refractivity contribution in [2.75, 3.05) is 25.2 Å². The second-order valence-electron chi connectivity index (χ2n) is 7.08. The quantitative estimate of drug-likeness (QED) is 0.555. The molecular weight excluding hydrogens is 396 g/mol. The van der Waals surface area contributed by atoms with Crippen molar-refractivity contribution in [2.24, 2.45) is 0 Å². The smallest absolute Gasteiger partial charge is 0.307 e. The van der Waals surface area contributed by atoms with Crippen LogP contribution in [0.2, 0.25) is 0 Å². The van der Waals surface area contributed by atoms with E-state index in [0.717, 1.165) is 12.2 Å². The summed E-state index contributed by atoms with van der Waals surface area (Å²) in [5.41, 5.74) is 2.59. The second-order valence-corrected chi connectivity index (χ2v) is 7.08. The lowest BCUT2D eigenvalue weighted by Crippen LogP contribution is -2.38. The molecule has 0 fully saturated rings. The molecule has 2 aromatic rings. The summed E-state index contributed by atoms with van der Waals surface area (Å²) in [6.45, 7) is 4.61. The molecule has 0 saturated heterocycles. The molecule has 0 aliphatic heterocycles. The van der Waals surface area contributed by atoms with E-state index in [0.29, 0.717) is 5.56 Å². The zero-order chi connectivity index (χ0) is 22.6. The molecule has 0 atom stereocenters. The maximum Gasteiger partial charge on any atom is 0.307 e. The number of amides is 1. The van der Waals surface area contributed by atoms with E-state index < -0.39 is 18.0 Å². The Morgan fingerprint density at radius 3 is 1.94 bits per heavy atom. The summed E-state index contributed by atoms with van der Waals surface area (Å²) in [4.78, 5) is 38.5. The van der Waals surface area contributed by atoms with Gasteiger partial charge >= 0.3 is 11.9 Å². The van der Waals surface area contributed by atoms with Gasteiger partial charge in [0, 0.05) is 24.8 Å². The Bertz CT molecular complexity index is 832. The molecule has 0 aliphatic rings. The lowest BCUT2D eigenvalue weighted by Gasteiger charge is -2.20. The largest absolute Gasteiger partial charge is 0.466 e. The van der Waals surface area contributed by atoms with E-state index in [-0.39, 0.29) is 32.0 Å². The van der Waals surface area contributed by atoms with Gasteiger partial charge in [-0.15, -0.1) is 0 Å². The third kappa shape index (κ3) is 8.12. The first-order chi connectivity index (χ1) is 14.9. The summed E-state index contributed by atoms with van der Waals surface area (Å²) in [6.07, 6.45) is -0.202. The van der Waals surface area contributed by atoms with Gasteiger partial charge in [-0.2, -0.15) is 0 Å². The lowest BCUT2D eigenvalue weighted by molar-refractivity contribution is -0.145. The van der Waals surface area contributed by atoms with Crippen LogP contribution in [0.1, 0.15) is 42.6 Å². The number of esters is 2. The minimum absolute atomic E-state index is 0.101. The fourth-order valence-electron chi connectivity index (χ4n) is 3.10. The number of nitrogens with one attached hydrogen (secondary N) is 1. The maximum absolute atomic E-state index is 12.7. The van der Waals surface area contributed by atoms with E-state index in [1.807, 2.05) is 37.4 Å². The van der Waals surface area contributed by atoms with Crippen LogP contribution in [0, 0.1) is 0 Å². The first-order valence-electron chi connectivity index (χ1n) is 10.4. The molecule has 1 N–H and O–H groups in total. The third-order valence-electron chi connectivity index (χ3n) is 4.60. The summed E-state index contributed by atoms with van der Waals surface area (Å²) in [5, 5.41) is 2.75. The molecule has 0 saturated carbocycles. The second kappa shape index (κ2) is 12.4. The molecular formula is C24H30N2O5. The van der Waals surface area contributed by atoms with Gasteiger partial charge in [0.1, 0.15) is 0 Å². The van der Waals surface area contributed by atoms with Crippen molar-refractivity contribution < 1.29 is 23.9 Å². The van der Waals surface area contributed by atoms with Crippen molar-refractivity contribution in [1.82, 2.24) is 5.32 Å². The summed E-state index contributed by atoms with van der Waals surface area (Å²) >= 11 is 0. The van der Waals surface area contributed by atoms with Crippen LogP contribution in [-0.2, 0) is 25.6 Å².